The zero-order valence-electron chi connectivity index (χ0n) is 14.5. The van der Waals surface area contributed by atoms with Gasteiger partial charge in [-0.1, -0.05) is 6.92 Å². The summed E-state index contributed by atoms with van der Waals surface area (Å²) in [5.74, 6) is 0.414. The highest BCUT2D eigenvalue weighted by atomic mass is 16.1. The fourth-order valence-corrected chi connectivity index (χ4v) is 2.33. The molecule has 0 aliphatic heterocycles. The molecule has 0 saturated carbocycles. The number of nitrogens with zero attached hydrogens (tertiary/aromatic N) is 3. The molecule has 128 valence electrons. The Bertz CT molecular complexity index is 635. The van der Waals surface area contributed by atoms with E-state index in [2.05, 4.69) is 46.3 Å². The fraction of sp³-hybridized carbons (Fsp3) is 0.389. The molecule has 24 heavy (non-hydrogen) atoms. The molecule has 0 fully saturated rings. The van der Waals surface area contributed by atoms with E-state index in [1.165, 1.54) is 6.20 Å². The van der Waals surface area contributed by atoms with Crippen molar-refractivity contribution < 1.29 is 4.79 Å². The maximum atomic E-state index is 12.2. The first-order valence-electron chi connectivity index (χ1n) is 8.40. The highest BCUT2D eigenvalue weighted by molar-refractivity contribution is 6.02. The third-order valence-electron chi connectivity index (χ3n) is 3.69. The van der Waals surface area contributed by atoms with Crippen molar-refractivity contribution in [2.45, 2.75) is 27.2 Å². The molecule has 0 aliphatic carbocycles. The van der Waals surface area contributed by atoms with Crippen LogP contribution in [-0.4, -0.2) is 35.5 Å². The van der Waals surface area contributed by atoms with E-state index in [4.69, 9.17) is 0 Å². The monoisotopic (exact) mass is 327 g/mol. The highest BCUT2D eigenvalue weighted by Gasteiger charge is 2.09. The van der Waals surface area contributed by atoms with Crippen molar-refractivity contribution in [3.63, 3.8) is 0 Å². The first-order chi connectivity index (χ1) is 11.7. The zero-order chi connectivity index (χ0) is 17.4. The van der Waals surface area contributed by atoms with Crippen LogP contribution in [0, 0.1) is 0 Å². The molecule has 0 radical (unpaired) electrons. The normalized spacial score (nSPS) is 10.3. The van der Waals surface area contributed by atoms with Gasteiger partial charge in [-0.25, -0.2) is 9.97 Å². The van der Waals surface area contributed by atoms with Crippen LogP contribution in [0.15, 0.2) is 36.7 Å². The average molecular weight is 327 g/mol. The molecule has 2 N–H and O–H groups in total. The Morgan fingerprint density at radius 3 is 2.29 bits per heavy atom. The second-order valence-corrected chi connectivity index (χ2v) is 5.39. The second-order valence-electron chi connectivity index (χ2n) is 5.39. The highest BCUT2D eigenvalue weighted by Crippen LogP contribution is 2.18. The minimum absolute atomic E-state index is 0.264. The lowest BCUT2D eigenvalue weighted by Gasteiger charge is -2.21. The van der Waals surface area contributed by atoms with Gasteiger partial charge in [0, 0.05) is 31.0 Å². The van der Waals surface area contributed by atoms with E-state index < -0.39 is 0 Å². The summed E-state index contributed by atoms with van der Waals surface area (Å²) in [6.07, 6.45) is 4.07. The summed E-state index contributed by atoms with van der Waals surface area (Å²) < 4.78 is 0. The molecule has 2 rings (SSSR count). The van der Waals surface area contributed by atoms with Crippen LogP contribution in [0.25, 0.3) is 0 Å². The van der Waals surface area contributed by atoms with E-state index in [0.717, 1.165) is 37.4 Å². The largest absolute Gasteiger partial charge is 0.372 e. The number of carbonyl (C=O) groups excluding carboxylic acids is 1. The summed E-state index contributed by atoms with van der Waals surface area (Å²) in [4.78, 5) is 22.8. The zero-order valence-corrected chi connectivity index (χ0v) is 14.5. The molecule has 1 heterocycles. The van der Waals surface area contributed by atoms with Crippen LogP contribution in [0.4, 0.5) is 17.2 Å². The number of benzene rings is 1. The van der Waals surface area contributed by atoms with Crippen LogP contribution >= 0.6 is 0 Å². The van der Waals surface area contributed by atoms with E-state index in [9.17, 15) is 4.79 Å². The number of rotatable bonds is 8. The lowest BCUT2D eigenvalue weighted by Crippen LogP contribution is -2.21. The van der Waals surface area contributed by atoms with Crippen molar-refractivity contribution in [1.29, 1.82) is 0 Å². The summed E-state index contributed by atoms with van der Waals surface area (Å²) >= 11 is 0. The molecule has 0 unspecified atom stereocenters. The van der Waals surface area contributed by atoms with E-state index in [1.807, 2.05) is 24.3 Å². The summed E-state index contributed by atoms with van der Waals surface area (Å²) in [6.45, 7) is 9.06. The number of amides is 1. The molecular weight excluding hydrogens is 302 g/mol. The fourth-order valence-electron chi connectivity index (χ4n) is 2.33. The average Bonchev–Trinajstić information content (AvgIpc) is 2.62. The van der Waals surface area contributed by atoms with Crippen molar-refractivity contribution in [2.75, 3.05) is 35.2 Å². The van der Waals surface area contributed by atoms with Crippen LogP contribution in [0.5, 0.6) is 0 Å². The minimum Gasteiger partial charge on any atom is -0.372 e. The number of anilines is 3. The van der Waals surface area contributed by atoms with Crippen molar-refractivity contribution in [3.05, 3.63) is 42.4 Å². The maximum Gasteiger partial charge on any atom is 0.275 e. The van der Waals surface area contributed by atoms with Gasteiger partial charge in [0.2, 0.25) is 0 Å². The van der Waals surface area contributed by atoms with Crippen LogP contribution < -0.4 is 15.5 Å². The van der Waals surface area contributed by atoms with Crippen molar-refractivity contribution in [3.8, 4) is 0 Å². The molecule has 0 aliphatic rings. The Morgan fingerprint density at radius 2 is 1.75 bits per heavy atom. The van der Waals surface area contributed by atoms with Gasteiger partial charge in [-0.2, -0.15) is 0 Å². The van der Waals surface area contributed by atoms with Crippen molar-refractivity contribution >= 4 is 23.1 Å². The number of hydrogen-bond donors (Lipinski definition) is 2. The molecule has 2 aromatic rings. The van der Waals surface area contributed by atoms with Gasteiger partial charge in [-0.15, -0.1) is 0 Å². The summed E-state index contributed by atoms with van der Waals surface area (Å²) in [5.41, 5.74) is 2.18. The van der Waals surface area contributed by atoms with Crippen molar-refractivity contribution in [2.24, 2.45) is 0 Å². The summed E-state index contributed by atoms with van der Waals surface area (Å²) in [5, 5.41) is 5.97. The first-order valence-corrected chi connectivity index (χ1v) is 8.40. The molecule has 6 heteroatoms. The third-order valence-corrected chi connectivity index (χ3v) is 3.69. The van der Waals surface area contributed by atoms with Crippen LogP contribution in [0.1, 0.15) is 37.7 Å². The van der Waals surface area contributed by atoms with E-state index in [1.54, 1.807) is 6.20 Å². The maximum absolute atomic E-state index is 12.2. The molecule has 0 saturated heterocycles. The SMILES string of the molecule is CCCNc1cnc(C(=O)Nc2ccc(N(CC)CC)cc2)cn1. The standard InChI is InChI=1S/C18H25N5O/c1-4-11-19-17-13-20-16(12-21-17)18(24)22-14-7-9-15(10-8-14)23(5-2)6-3/h7-10,12-13H,4-6,11H2,1-3H3,(H,19,21)(H,22,24). The molecule has 1 aromatic carbocycles. The molecule has 0 spiro atoms. The minimum atomic E-state index is -0.264. The molecular formula is C18H25N5O. The Labute approximate surface area is 143 Å². The lowest BCUT2D eigenvalue weighted by molar-refractivity contribution is 0.102. The van der Waals surface area contributed by atoms with Gasteiger partial charge in [0.05, 0.1) is 12.4 Å². The lowest BCUT2D eigenvalue weighted by atomic mass is 10.2. The van der Waals surface area contributed by atoms with Gasteiger partial charge in [0.25, 0.3) is 5.91 Å². The van der Waals surface area contributed by atoms with Gasteiger partial charge in [-0.3, -0.25) is 4.79 Å². The van der Waals surface area contributed by atoms with E-state index in [-0.39, 0.29) is 5.91 Å². The second kappa shape index (κ2) is 8.86. The molecule has 1 aromatic heterocycles. The third kappa shape index (κ3) is 4.68. The van der Waals surface area contributed by atoms with E-state index in [0.29, 0.717) is 11.5 Å². The van der Waals surface area contributed by atoms with Gasteiger partial charge < -0.3 is 15.5 Å². The number of carbonyl (C=O) groups is 1. The van der Waals surface area contributed by atoms with E-state index >= 15 is 0 Å². The number of nitrogens with one attached hydrogen (secondary N) is 2. The summed E-state index contributed by atoms with van der Waals surface area (Å²) in [7, 11) is 0. The van der Waals surface area contributed by atoms with Gasteiger partial charge in [0.1, 0.15) is 11.5 Å². The Kier molecular flexibility index (Phi) is 6.54. The van der Waals surface area contributed by atoms with Gasteiger partial charge in [-0.05, 0) is 44.5 Å². The predicted molar refractivity (Wildman–Crippen MR) is 98.8 cm³/mol. The molecule has 1 amide bonds. The van der Waals surface area contributed by atoms with Gasteiger partial charge >= 0.3 is 0 Å². The summed E-state index contributed by atoms with van der Waals surface area (Å²) in [6, 6.07) is 7.81. The number of aromatic nitrogens is 2. The molecule has 0 atom stereocenters. The Hall–Kier alpha value is -2.63. The number of hydrogen-bond acceptors (Lipinski definition) is 5. The Morgan fingerprint density at radius 1 is 1.04 bits per heavy atom. The quantitative estimate of drug-likeness (QED) is 0.777. The van der Waals surface area contributed by atoms with Gasteiger partial charge in [0.15, 0.2) is 0 Å². The smallest absolute Gasteiger partial charge is 0.275 e. The van der Waals surface area contributed by atoms with Crippen LogP contribution in [-0.2, 0) is 0 Å². The Balaban J connectivity index is 1.98. The van der Waals surface area contributed by atoms with Crippen LogP contribution in [0.2, 0.25) is 0 Å². The molecule has 6 nitrogen and oxygen atoms in total. The first kappa shape index (κ1) is 17.7. The van der Waals surface area contributed by atoms with Crippen LogP contribution in [0.3, 0.4) is 0 Å². The van der Waals surface area contributed by atoms with Crippen molar-refractivity contribution in [1.82, 2.24) is 9.97 Å². The predicted octanol–water partition coefficient (Wildman–Crippen LogP) is 3.40. The molecule has 0 bridgehead atoms. The topological polar surface area (TPSA) is 70.2 Å².